The highest BCUT2D eigenvalue weighted by atomic mass is 16.5. The van der Waals surface area contributed by atoms with Crippen LogP contribution < -0.4 is 0 Å². The van der Waals surface area contributed by atoms with Crippen molar-refractivity contribution in [2.24, 2.45) is 5.16 Å². The van der Waals surface area contributed by atoms with E-state index in [9.17, 15) is 4.79 Å². The molecule has 0 unspecified atom stereocenters. The summed E-state index contributed by atoms with van der Waals surface area (Å²) < 4.78 is 4.88. The van der Waals surface area contributed by atoms with Crippen LogP contribution in [0.4, 0.5) is 0 Å². The average molecular weight is 206 g/mol. The first-order chi connectivity index (χ1) is 7.24. The maximum atomic E-state index is 10.7. The lowest BCUT2D eigenvalue weighted by atomic mass is 10.1. The number of rotatable bonds is 2. The predicted octanol–water partition coefficient (Wildman–Crippen LogP) is 1.09. The summed E-state index contributed by atoms with van der Waals surface area (Å²) in [5.41, 5.74) is -0.0875. The van der Waals surface area contributed by atoms with Crippen LogP contribution in [0.2, 0.25) is 0 Å². The highest BCUT2D eigenvalue weighted by Crippen LogP contribution is 2.18. The Balaban J connectivity index is 2.67. The first-order valence-corrected chi connectivity index (χ1v) is 4.04. The Labute approximate surface area is 83.4 Å². The number of aromatic nitrogens is 1. The highest BCUT2D eigenvalue weighted by molar-refractivity contribution is 6.43. The Kier molecular flexibility index (Phi) is 2.09. The van der Waals surface area contributed by atoms with Gasteiger partial charge in [0, 0.05) is 0 Å². The number of aliphatic carboxylic acids is 1. The Morgan fingerprint density at radius 2 is 2.13 bits per heavy atom. The Hall–Kier alpha value is -2.37. The van der Waals surface area contributed by atoms with E-state index in [0.29, 0.717) is 11.0 Å². The minimum Gasteiger partial charge on any atom is -0.476 e. The zero-order valence-electron chi connectivity index (χ0n) is 7.41. The van der Waals surface area contributed by atoms with Crippen molar-refractivity contribution >= 4 is 22.7 Å². The molecule has 0 saturated heterocycles. The van der Waals surface area contributed by atoms with Crippen LogP contribution in [-0.4, -0.2) is 27.2 Å². The van der Waals surface area contributed by atoms with Crippen molar-refractivity contribution in [2.75, 3.05) is 0 Å². The van der Waals surface area contributed by atoms with Crippen molar-refractivity contribution < 1.29 is 19.6 Å². The van der Waals surface area contributed by atoms with Gasteiger partial charge in [-0.3, -0.25) is 0 Å². The van der Waals surface area contributed by atoms with E-state index in [2.05, 4.69) is 10.3 Å². The van der Waals surface area contributed by atoms with Crippen LogP contribution in [0.25, 0.3) is 11.0 Å². The first-order valence-electron chi connectivity index (χ1n) is 4.04. The number of oxime groups is 1. The largest absolute Gasteiger partial charge is 0.476 e. The van der Waals surface area contributed by atoms with Crippen LogP contribution in [0.1, 0.15) is 5.69 Å². The average Bonchev–Trinajstić information content (AvgIpc) is 2.63. The lowest BCUT2D eigenvalue weighted by Gasteiger charge is -1.92. The van der Waals surface area contributed by atoms with Crippen molar-refractivity contribution in [3.8, 4) is 0 Å². The number of carboxylic acid groups (broad SMARTS) is 1. The van der Waals surface area contributed by atoms with Crippen LogP contribution in [0.3, 0.4) is 0 Å². The summed E-state index contributed by atoms with van der Waals surface area (Å²) in [5, 5.41) is 24.0. The summed E-state index contributed by atoms with van der Waals surface area (Å²) in [6, 6.07) is 6.71. The molecule has 0 atom stereocenters. The number of benzene rings is 1. The van der Waals surface area contributed by atoms with Gasteiger partial charge in [0.15, 0.2) is 11.3 Å². The molecule has 0 aliphatic rings. The molecule has 0 aliphatic carbocycles. The normalized spacial score (nSPS) is 11.9. The Bertz CT molecular complexity index is 544. The van der Waals surface area contributed by atoms with E-state index in [1.807, 2.05) is 0 Å². The van der Waals surface area contributed by atoms with Crippen molar-refractivity contribution in [1.29, 1.82) is 0 Å². The SMILES string of the molecule is O=C(O)/C(=N/O)c1noc2ccccc12. The second-order valence-corrected chi connectivity index (χ2v) is 2.78. The van der Waals surface area contributed by atoms with Crippen LogP contribution in [0.15, 0.2) is 33.9 Å². The molecule has 2 aromatic rings. The van der Waals surface area contributed by atoms with E-state index in [1.54, 1.807) is 24.3 Å². The standard InChI is InChI=1S/C9H6N2O4/c12-9(13)8(10-14)7-5-3-1-2-4-6(5)15-11-7/h1-4,14H,(H,12,13)/b10-8+. The monoisotopic (exact) mass is 206 g/mol. The summed E-state index contributed by atoms with van der Waals surface area (Å²) in [5.74, 6) is -1.36. The number of para-hydroxylation sites is 1. The van der Waals surface area contributed by atoms with Crippen molar-refractivity contribution in [3.63, 3.8) is 0 Å². The molecule has 0 amide bonds. The Morgan fingerprint density at radius 3 is 2.80 bits per heavy atom. The summed E-state index contributed by atoms with van der Waals surface area (Å²) in [4.78, 5) is 10.7. The third-order valence-corrected chi connectivity index (χ3v) is 1.90. The number of fused-ring (bicyclic) bond motifs is 1. The molecule has 6 heteroatoms. The molecule has 15 heavy (non-hydrogen) atoms. The van der Waals surface area contributed by atoms with Crippen LogP contribution in [-0.2, 0) is 4.79 Å². The van der Waals surface area contributed by atoms with Gasteiger partial charge in [0.1, 0.15) is 0 Å². The van der Waals surface area contributed by atoms with Crippen molar-refractivity contribution in [2.45, 2.75) is 0 Å². The molecule has 1 aromatic carbocycles. The molecule has 1 aromatic heterocycles. The van der Waals surface area contributed by atoms with Gasteiger partial charge in [-0.15, -0.1) is 0 Å². The first kappa shape index (κ1) is 9.20. The van der Waals surface area contributed by atoms with Gasteiger partial charge in [0.2, 0.25) is 5.71 Å². The molecular weight excluding hydrogens is 200 g/mol. The predicted molar refractivity (Wildman–Crippen MR) is 50.0 cm³/mol. The number of carboxylic acids is 1. The molecule has 0 aliphatic heterocycles. The van der Waals surface area contributed by atoms with E-state index in [4.69, 9.17) is 14.8 Å². The van der Waals surface area contributed by atoms with Crippen LogP contribution >= 0.6 is 0 Å². The molecule has 1 heterocycles. The maximum Gasteiger partial charge on any atom is 0.360 e. The van der Waals surface area contributed by atoms with E-state index in [1.165, 1.54) is 0 Å². The summed E-state index contributed by atoms with van der Waals surface area (Å²) in [6.45, 7) is 0. The molecule has 0 saturated carbocycles. The minimum absolute atomic E-state index is 0.0144. The van der Waals surface area contributed by atoms with Gasteiger partial charge < -0.3 is 14.8 Å². The molecular formula is C9H6N2O4. The summed E-state index contributed by atoms with van der Waals surface area (Å²) >= 11 is 0. The van der Waals surface area contributed by atoms with Crippen LogP contribution in [0.5, 0.6) is 0 Å². The molecule has 0 bridgehead atoms. The highest BCUT2D eigenvalue weighted by Gasteiger charge is 2.20. The van der Waals surface area contributed by atoms with Gasteiger partial charge in [-0.2, -0.15) is 0 Å². The molecule has 2 N–H and O–H groups in total. The fourth-order valence-corrected chi connectivity index (χ4v) is 1.25. The van der Waals surface area contributed by atoms with Gasteiger partial charge in [-0.1, -0.05) is 22.4 Å². The second kappa shape index (κ2) is 3.41. The van der Waals surface area contributed by atoms with Crippen LogP contribution in [0, 0.1) is 0 Å². The zero-order chi connectivity index (χ0) is 10.8. The van der Waals surface area contributed by atoms with Gasteiger partial charge in [-0.25, -0.2) is 4.79 Å². The van der Waals surface area contributed by atoms with Gasteiger partial charge in [-0.05, 0) is 12.1 Å². The van der Waals surface area contributed by atoms with Crippen molar-refractivity contribution in [1.82, 2.24) is 5.16 Å². The lowest BCUT2D eigenvalue weighted by Crippen LogP contribution is -2.15. The lowest BCUT2D eigenvalue weighted by molar-refractivity contribution is -0.129. The molecule has 6 nitrogen and oxygen atoms in total. The minimum atomic E-state index is -1.36. The van der Waals surface area contributed by atoms with E-state index >= 15 is 0 Å². The quantitative estimate of drug-likeness (QED) is 0.435. The van der Waals surface area contributed by atoms with E-state index < -0.39 is 11.7 Å². The molecule has 0 radical (unpaired) electrons. The molecule has 76 valence electrons. The fourth-order valence-electron chi connectivity index (χ4n) is 1.25. The number of hydrogen-bond acceptors (Lipinski definition) is 5. The van der Waals surface area contributed by atoms with Gasteiger partial charge in [0.25, 0.3) is 0 Å². The number of carbonyl (C=O) groups is 1. The fraction of sp³-hybridized carbons (Fsp3) is 0. The van der Waals surface area contributed by atoms with Crippen molar-refractivity contribution in [3.05, 3.63) is 30.0 Å². The topological polar surface area (TPSA) is 95.9 Å². The maximum absolute atomic E-state index is 10.7. The summed E-state index contributed by atoms with van der Waals surface area (Å²) in [6.07, 6.45) is 0. The number of nitrogens with zero attached hydrogens (tertiary/aromatic N) is 2. The van der Waals surface area contributed by atoms with E-state index in [-0.39, 0.29) is 5.69 Å². The summed E-state index contributed by atoms with van der Waals surface area (Å²) in [7, 11) is 0. The second-order valence-electron chi connectivity index (χ2n) is 2.78. The smallest absolute Gasteiger partial charge is 0.360 e. The number of hydrogen-bond donors (Lipinski definition) is 2. The Morgan fingerprint density at radius 1 is 1.40 bits per heavy atom. The molecule has 0 fully saturated rings. The van der Waals surface area contributed by atoms with E-state index in [0.717, 1.165) is 0 Å². The molecule has 2 rings (SSSR count). The van der Waals surface area contributed by atoms with Gasteiger partial charge in [0.05, 0.1) is 5.39 Å². The third kappa shape index (κ3) is 1.41. The third-order valence-electron chi connectivity index (χ3n) is 1.90. The molecule has 0 spiro atoms. The van der Waals surface area contributed by atoms with Gasteiger partial charge >= 0.3 is 5.97 Å². The zero-order valence-corrected chi connectivity index (χ0v) is 7.41.